The van der Waals surface area contributed by atoms with Crippen LogP contribution >= 0.6 is 31.9 Å². The fourth-order valence-corrected chi connectivity index (χ4v) is 8.82. The van der Waals surface area contributed by atoms with Crippen molar-refractivity contribution in [2.75, 3.05) is 98.1 Å². The summed E-state index contributed by atoms with van der Waals surface area (Å²) >= 11 is 6.59. The monoisotopic (exact) mass is 1170 g/mol. The molecule has 4 aliphatic heterocycles. The highest BCUT2D eigenvalue weighted by Gasteiger charge is 2.35. The Hall–Kier alpha value is -6.98. The van der Waals surface area contributed by atoms with Gasteiger partial charge in [-0.05, 0) is 60.7 Å². The van der Waals surface area contributed by atoms with Gasteiger partial charge in [0.1, 0.15) is 23.8 Å². The van der Waals surface area contributed by atoms with E-state index in [2.05, 4.69) is 47.8 Å². The maximum absolute atomic E-state index is 15.0. The Morgan fingerprint density at radius 3 is 1.41 bits per heavy atom. The number of anilines is 4. The van der Waals surface area contributed by atoms with Crippen molar-refractivity contribution >= 4 is 102 Å². The molecule has 4 fully saturated rings. The second-order valence-electron chi connectivity index (χ2n) is 17.7. The van der Waals surface area contributed by atoms with Crippen LogP contribution in [0.15, 0.2) is 93.9 Å². The molecule has 0 aliphatic carbocycles. The Morgan fingerprint density at radius 2 is 1.01 bits per heavy atom. The van der Waals surface area contributed by atoms with Gasteiger partial charge >= 0.3 is 18.2 Å². The topological polar surface area (TPSA) is 228 Å². The van der Waals surface area contributed by atoms with Crippen LogP contribution in [-0.2, 0) is 28.7 Å². The molecule has 4 saturated heterocycles. The number of nitrogens with one attached hydrogen (secondary N) is 3. The molecule has 4 aliphatic rings. The quantitative estimate of drug-likeness (QED) is 0.0873. The Labute approximate surface area is 449 Å². The van der Waals surface area contributed by atoms with Gasteiger partial charge in [0.2, 0.25) is 17.7 Å². The van der Waals surface area contributed by atoms with E-state index in [9.17, 15) is 42.7 Å². The number of carbonyl (C=O) groups excluding carboxylic acids is 7. The SMILES string of the molecule is CC(=O)NC[C@H]1CN(c2ccc(N3CCN(C(=O)CCC(=O)c4ccc(Br)cc4)CC3)c(F)c2)C(=O)O1.CC(=O)NC[C@H]1CN(c2ccc(N3CCNCC3)c(F)c2)C(=O)O1.O=C(O)CCC(=O)c1ccc(Br)cc1. The summed E-state index contributed by atoms with van der Waals surface area (Å²) in [6.45, 7) is 8.62. The number of hydrogen-bond acceptors (Lipinski definition) is 13. The van der Waals surface area contributed by atoms with E-state index in [1.54, 1.807) is 77.7 Å². The molecule has 4 heterocycles. The maximum Gasteiger partial charge on any atom is 0.414 e. The van der Waals surface area contributed by atoms with Crippen LogP contribution in [0.2, 0.25) is 0 Å². The van der Waals surface area contributed by atoms with E-state index >= 15 is 4.39 Å². The third-order valence-electron chi connectivity index (χ3n) is 12.3. The molecule has 23 heteroatoms. The number of amides is 5. The standard InChI is InChI=1S/C26H28BrFN4O5.C16H21FN4O3.C10H9BrO3/c1-17(33)29-15-21-16-32(26(36)37-21)20-6-7-23(22(28)14-20)30-10-12-31(13-11-30)25(35)9-8-24(34)18-2-4-19(27)5-3-18;1-11(22)19-9-13-10-21(16(23)24-13)12-2-3-15(14(17)8-12)20-6-4-18-5-7-20;11-8-3-1-7(2-4-8)9(12)5-6-10(13)14/h2-7,14,21H,8-13,15-16H2,1H3,(H,29,33);2-3,8,13,18H,4-7,9-10H2,1H3,(H,19,22);1-4H,5-6H2,(H,13,14)/t21-;13-;/m00./s1. The average molecular weight is 1170 g/mol. The minimum Gasteiger partial charge on any atom is -0.481 e. The van der Waals surface area contributed by atoms with E-state index in [1.165, 1.54) is 35.8 Å². The molecule has 400 valence electrons. The van der Waals surface area contributed by atoms with E-state index in [0.29, 0.717) is 60.1 Å². The summed E-state index contributed by atoms with van der Waals surface area (Å²) in [5, 5.41) is 16.8. The molecular formula is C52H58Br2F2N8O11. The summed E-state index contributed by atoms with van der Waals surface area (Å²) in [5.74, 6) is -2.50. The number of carboxylic acids is 1. The summed E-state index contributed by atoms with van der Waals surface area (Å²) in [6, 6.07) is 23.3. The van der Waals surface area contributed by atoms with Crippen LogP contribution in [0.5, 0.6) is 0 Å². The molecule has 4 aromatic carbocycles. The number of aliphatic carboxylic acids is 1. The molecule has 8 rings (SSSR count). The smallest absolute Gasteiger partial charge is 0.414 e. The Morgan fingerprint density at radius 1 is 0.600 bits per heavy atom. The lowest BCUT2D eigenvalue weighted by atomic mass is 10.1. The second-order valence-corrected chi connectivity index (χ2v) is 19.6. The molecule has 5 amide bonds. The van der Waals surface area contributed by atoms with Crippen molar-refractivity contribution < 1.29 is 61.7 Å². The molecule has 0 bridgehead atoms. The summed E-state index contributed by atoms with van der Waals surface area (Å²) in [5.41, 5.74) is 2.90. The third kappa shape index (κ3) is 17.0. The first kappa shape index (κ1) is 57.3. The van der Waals surface area contributed by atoms with E-state index in [1.807, 2.05) is 9.80 Å². The van der Waals surface area contributed by atoms with E-state index in [4.69, 9.17) is 14.6 Å². The number of piperazine rings is 2. The molecule has 0 aromatic heterocycles. The average Bonchev–Trinajstić information content (AvgIpc) is 3.97. The van der Waals surface area contributed by atoms with Crippen molar-refractivity contribution in [3.8, 4) is 0 Å². The van der Waals surface area contributed by atoms with Crippen LogP contribution in [0, 0.1) is 11.6 Å². The minimum absolute atomic E-state index is 0.0525. The first-order valence-electron chi connectivity index (χ1n) is 24.2. The van der Waals surface area contributed by atoms with Gasteiger partial charge in [-0.3, -0.25) is 38.6 Å². The van der Waals surface area contributed by atoms with Crippen LogP contribution in [0.1, 0.15) is 60.2 Å². The number of halogens is 4. The maximum atomic E-state index is 15.0. The number of carbonyl (C=O) groups is 8. The molecule has 2 atom stereocenters. The second kappa shape index (κ2) is 27.5. The highest BCUT2D eigenvalue weighted by molar-refractivity contribution is 9.10. The lowest BCUT2D eigenvalue weighted by Crippen LogP contribution is -2.49. The van der Waals surface area contributed by atoms with Crippen LogP contribution in [0.25, 0.3) is 0 Å². The number of ketones is 2. The zero-order chi connectivity index (χ0) is 54.2. The number of hydrogen-bond donors (Lipinski definition) is 4. The lowest BCUT2D eigenvalue weighted by molar-refractivity contribution is -0.137. The van der Waals surface area contributed by atoms with Gasteiger partial charge < -0.3 is 45.2 Å². The van der Waals surface area contributed by atoms with Gasteiger partial charge in [0.05, 0.1) is 55.3 Å². The van der Waals surface area contributed by atoms with Gasteiger partial charge in [-0.2, -0.15) is 0 Å². The van der Waals surface area contributed by atoms with Crippen molar-refractivity contribution in [2.45, 2.75) is 51.7 Å². The Kier molecular flexibility index (Phi) is 21.0. The number of benzene rings is 4. The predicted molar refractivity (Wildman–Crippen MR) is 282 cm³/mol. The van der Waals surface area contributed by atoms with E-state index in [0.717, 1.165) is 35.1 Å². The number of ether oxygens (including phenoxy) is 2. The fourth-order valence-electron chi connectivity index (χ4n) is 8.29. The van der Waals surface area contributed by atoms with Gasteiger partial charge in [0.25, 0.3) is 0 Å². The molecule has 4 aromatic rings. The lowest BCUT2D eigenvalue weighted by Gasteiger charge is -2.36. The molecule has 75 heavy (non-hydrogen) atoms. The highest BCUT2D eigenvalue weighted by atomic mass is 79.9. The molecule has 19 nitrogen and oxygen atoms in total. The van der Waals surface area contributed by atoms with Crippen molar-refractivity contribution in [3.05, 3.63) is 117 Å². The molecule has 4 N–H and O–H groups in total. The Bertz CT molecular complexity index is 2710. The normalized spacial score (nSPS) is 17.2. The largest absolute Gasteiger partial charge is 0.481 e. The number of carboxylic acid groups (broad SMARTS) is 1. The molecule has 0 saturated carbocycles. The van der Waals surface area contributed by atoms with Gasteiger partial charge in [0, 0.05) is 106 Å². The van der Waals surface area contributed by atoms with Gasteiger partial charge in [0.15, 0.2) is 11.6 Å². The third-order valence-corrected chi connectivity index (χ3v) is 13.3. The first-order valence-corrected chi connectivity index (χ1v) is 25.8. The van der Waals surface area contributed by atoms with Crippen LogP contribution in [0.3, 0.4) is 0 Å². The van der Waals surface area contributed by atoms with Crippen LogP contribution in [-0.4, -0.2) is 148 Å². The van der Waals surface area contributed by atoms with E-state index in [-0.39, 0.29) is 87.0 Å². The van der Waals surface area contributed by atoms with Gasteiger partial charge in [-0.15, -0.1) is 0 Å². The van der Waals surface area contributed by atoms with Gasteiger partial charge in [-0.1, -0.05) is 56.1 Å². The number of nitrogens with zero attached hydrogens (tertiary/aromatic N) is 5. The number of Topliss-reactive ketones (excluding diaryl/α,β-unsaturated/α-hetero) is 2. The molecule has 0 radical (unpaired) electrons. The number of cyclic esters (lactones) is 2. The number of rotatable bonds is 16. The summed E-state index contributed by atoms with van der Waals surface area (Å²) in [7, 11) is 0. The van der Waals surface area contributed by atoms with Gasteiger partial charge in [-0.25, -0.2) is 18.4 Å². The zero-order valence-corrected chi connectivity index (χ0v) is 44.5. The zero-order valence-electron chi connectivity index (χ0n) is 41.3. The predicted octanol–water partition coefficient (Wildman–Crippen LogP) is 6.55. The summed E-state index contributed by atoms with van der Waals surface area (Å²) < 4.78 is 41.7. The molecule has 0 spiro atoms. The van der Waals surface area contributed by atoms with Crippen LogP contribution < -0.4 is 35.6 Å². The van der Waals surface area contributed by atoms with Crippen molar-refractivity contribution in [3.63, 3.8) is 0 Å². The first-order chi connectivity index (χ1) is 35.8. The summed E-state index contributed by atoms with van der Waals surface area (Å²) in [6.07, 6.45) is -1.85. The van der Waals surface area contributed by atoms with E-state index < -0.39 is 36.2 Å². The highest BCUT2D eigenvalue weighted by Crippen LogP contribution is 2.30. The molecule has 0 unspecified atom stereocenters. The van der Waals surface area contributed by atoms with Crippen molar-refractivity contribution in [2.24, 2.45) is 0 Å². The Balaban J connectivity index is 0.000000205. The minimum atomic E-state index is -0.949. The fraction of sp³-hybridized carbons (Fsp3) is 0.385. The molecular weight excluding hydrogens is 1110 g/mol. The van der Waals surface area contributed by atoms with Crippen molar-refractivity contribution in [1.82, 2.24) is 20.9 Å². The van der Waals surface area contributed by atoms with Crippen LogP contribution in [0.4, 0.5) is 41.1 Å². The van der Waals surface area contributed by atoms with Crippen molar-refractivity contribution in [1.29, 1.82) is 0 Å². The summed E-state index contributed by atoms with van der Waals surface area (Å²) in [4.78, 5) is 101.